The van der Waals surface area contributed by atoms with Crippen LogP contribution in [-0.2, 0) is 6.42 Å². The van der Waals surface area contributed by atoms with Crippen molar-refractivity contribution in [1.82, 2.24) is 0 Å². The van der Waals surface area contributed by atoms with Gasteiger partial charge in [-0.1, -0.05) is 45.9 Å². The molecule has 0 spiro atoms. The van der Waals surface area contributed by atoms with E-state index in [9.17, 15) is 4.79 Å². The average molecular weight is 423 g/mol. The maximum absolute atomic E-state index is 12.6. The van der Waals surface area contributed by atoms with E-state index in [4.69, 9.17) is 14.2 Å². The van der Waals surface area contributed by atoms with Crippen LogP contribution in [0.2, 0.25) is 0 Å². The fourth-order valence-corrected chi connectivity index (χ4v) is 3.05. The van der Waals surface area contributed by atoms with Crippen molar-refractivity contribution in [3.8, 4) is 17.2 Å². The van der Waals surface area contributed by atoms with Gasteiger partial charge in [-0.3, -0.25) is 4.79 Å². The van der Waals surface area contributed by atoms with Crippen molar-refractivity contribution in [1.29, 1.82) is 0 Å². The molecule has 0 aliphatic carbocycles. The minimum absolute atomic E-state index is 0.0695. The number of hydrogen-bond donors (Lipinski definition) is 0. The van der Waals surface area contributed by atoms with Crippen molar-refractivity contribution in [3.05, 3.63) is 71.8 Å². The van der Waals surface area contributed by atoms with Gasteiger partial charge in [-0.2, -0.15) is 0 Å². The number of carbonyl (C=O) groups is 1. The summed E-state index contributed by atoms with van der Waals surface area (Å²) in [6.07, 6.45) is 8.85. The second-order valence-electron chi connectivity index (χ2n) is 7.26. The Morgan fingerprint density at radius 1 is 0.903 bits per heavy atom. The van der Waals surface area contributed by atoms with Crippen LogP contribution < -0.4 is 14.2 Å². The van der Waals surface area contributed by atoms with Crippen LogP contribution >= 0.6 is 0 Å². The number of carbonyl (C=O) groups excluding carboxylic acids is 1. The zero-order chi connectivity index (χ0) is 22.5. The topological polar surface area (TPSA) is 44.8 Å². The van der Waals surface area contributed by atoms with Gasteiger partial charge >= 0.3 is 0 Å². The molecule has 0 atom stereocenters. The van der Waals surface area contributed by atoms with E-state index < -0.39 is 0 Å². The van der Waals surface area contributed by atoms with Crippen molar-refractivity contribution < 1.29 is 19.0 Å². The maximum atomic E-state index is 12.6. The first-order chi connectivity index (χ1) is 15.1. The van der Waals surface area contributed by atoms with Crippen molar-refractivity contribution in [3.63, 3.8) is 0 Å². The lowest BCUT2D eigenvalue weighted by Crippen LogP contribution is -2.04. The van der Waals surface area contributed by atoms with Gasteiger partial charge in [0, 0.05) is 11.1 Å². The molecule has 0 amide bonds. The quantitative estimate of drug-likeness (QED) is 0.194. The first kappa shape index (κ1) is 24.3. The summed E-state index contributed by atoms with van der Waals surface area (Å²) in [5, 5.41) is 0. The summed E-state index contributed by atoms with van der Waals surface area (Å²) in [7, 11) is 0. The fraction of sp³-hybridized carbons (Fsp3) is 0.370. The van der Waals surface area contributed by atoms with Gasteiger partial charge in [0.1, 0.15) is 23.9 Å². The van der Waals surface area contributed by atoms with Gasteiger partial charge in [-0.05, 0) is 67.3 Å². The third kappa shape index (κ3) is 7.63. The Hall–Kier alpha value is -3.01. The summed E-state index contributed by atoms with van der Waals surface area (Å²) in [5.41, 5.74) is 2.59. The minimum atomic E-state index is -0.0695. The summed E-state index contributed by atoms with van der Waals surface area (Å²) in [6, 6.07) is 11.1. The molecule has 2 rings (SSSR count). The number of ketones is 1. The Morgan fingerprint density at radius 2 is 1.52 bits per heavy atom. The van der Waals surface area contributed by atoms with Crippen molar-refractivity contribution in [2.75, 3.05) is 19.8 Å². The maximum Gasteiger partial charge on any atom is 0.185 e. The van der Waals surface area contributed by atoms with Crippen LogP contribution in [0, 0.1) is 0 Å². The molecule has 0 aliphatic rings. The average Bonchev–Trinajstić information content (AvgIpc) is 2.80. The van der Waals surface area contributed by atoms with E-state index in [0.29, 0.717) is 31.1 Å². The molecule has 2 aromatic carbocycles. The van der Waals surface area contributed by atoms with Gasteiger partial charge in [-0.25, -0.2) is 0 Å². The SMILES string of the molecule is C=CCOc1ccc(C(=O)C=Cc2cc(OCCC)c(CCC)c(OCCC)c2)cc1. The van der Waals surface area contributed by atoms with E-state index in [2.05, 4.69) is 27.4 Å². The Kier molecular flexibility index (Phi) is 10.4. The zero-order valence-corrected chi connectivity index (χ0v) is 19.0. The number of hydrogen-bond acceptors (Lipinski definition) is 4. The molecule has 0 saturated heterocycles. The zero-order valence-electron chi connectivity index (χ0n) is 19.0. The van der Waals surface area contributed by atoms with Crippen molar-refractivity contribution in [2.45, 2.75) is 46.5 Å². The predicted molar refractivity (Wildman–Crippen MR) is 128 cm³/mol. The van der Waals surface area contributed by atoms with Crippen LogP contribution in [0.15, 0.2) is 55.1 Å². The molecule has 4 nitrogen and oxygen atoms in total. The molecule has 2 aromatic rings. The Balaban J connectivity index is 2.25. The molecule has 0 N–H and O–H groups in total. The highest BCUT2D eigenvalue weighted by Crippen LogP contribution is 2.33. The molecular formula is C27H34O4. The highest BCUT2D eigenvalue weighted by Gasteiger charge is 2.13. The number of rotatable bonds is 14. The minimum Gasteiger partial charge on any atom is -0.493 e. The molecule has 0 saturated carbocycles. The Labute approximate surface area is 186 Å². The van der Waals surface area contributed by atoms with Crippen LogP contribution in [0.25, 0.3) is 6.08 Å². The van der Waals surface area contributed by atoms with E-state index in [-0.39, 0.29) is 5.78 Å². The largest absolute Gasteiger partial charge is 0.493 e. The number of benzene rings is 2. The summed E-state index contributed by atoms with van der Waals surface area (Å²) >= 11 is 0. The Morgan fingerprint density at radius 3 is 2.03 bits per heavy atom. The van der Waals surface area contributed by atoms with E-state index >= 15 is 0 Å². The van der Waals surface area contributed by atoms with Crippen LogP contribution in [0.1, 0.15) is 61.5 Å². The van der Waals surface area contributed by atoms with Crippen LogP contribution in [0.3, 0.4) is 0 Å². The molecule has 0 fully saturated rings. The van der Waals surface area contributed by atoms with E-state index in [0.717, 1.165) is 48.3 Å². The van der Waals surface area contributed by atoms with E-state index in [1.54, 1.807) is 36.4 Å². The lowest BCUT2D eigenvalue weighted by molar-refractivity contribution is 0.104. The van der Waals surface area contributed by atoms with Crippen LogP contribution in [-0.4, -0.2) is 25.6 Å². The molecule has 166 valence electrons. The fourth-order valence-electron chi connectivity index (χ4n) is 3.05. The number of allylic oxidation sites excluding steroid dienone is 1. The van der Waals surface area contributed by atoms with Crippen LogP contribution in [0.5, 0.6) is 17.2 Å². The summed E-state index contributed by atoms with van der Waals surface area (Å²) in [5.74, 6) is 2.32. The first-order valence-corrected chi connectivity index (χ1v) is 11.1. The van der Waals surface area contributed by atoms with Gasteiger partial charge in [0.15, 0.2) is 5.78 Å². The number of ether oxygens (including phenoxy) is 3. The van der Waals surface area contributed by atoms with Gasteiger partial charge in [0.05, 0.1) is 13.2 Å². The van der Waals surface area contributed by atoms with Crippen molar-refractivity contribution >= 4 is 11.9 Å². The molecule has 31 heavy (non-hydrogen) atoms. The van der Waals surface area contributed by atoms with E-state index in [1.165, 1.54) is 0 Å². The first-order valence-electron chi connectivity index (χ1n) is 11.1. The standard InChI is InChI=1S/C27H34O4/c1-5-9-24-26(30-17-7-3)19-21(20-27(24)31-18-8-4)10-15-25(28)22-11-13-23(14-12-22)29-16-6-2/h6,10-15,19-20H,2,5,7-9,16-18H2,1,3-4H3. The molecule has 0 aliphatic heterocycles. The highest BCUT2D eigenvalue weighted by atomic mass is 16.5. The van der Waals surface area contributed by atoms with Gasteiger partial charge in [0.25, 0.3) is 0 Å². The molecule has 0 aromatic heterocycles. The molecular weight excluding hydrogens is 388 g/mol. The second-order valence-corrected chi connectivity index (χ2v) is 7.26. The van der Waals surface area contributed by atoms with Crippen LogP contribution in [0.4, 0.5) is 0 Å². The highest BCUT2D eigenvalue weighted by molar-refractivity contribution is 6.06. The predicted octanol–water partition coefficient (Wildman–Crippen LogP) is 6.68. The normalized spacial score (nSPS) is 10.8. The third-order valence-corrected chi connectivity index (χ3v) is 4.55. The third-order valence-electron chi connectivity index (χ3n) is 4.55. The van der Waals surface area contributed by atoms with Crippen molar-refractivity contribution in [2.24, 2.45) is 0 Å². The monoisotopic (exact) mass is 422 g/mol. The lowest BCUT2D eigenvalue weighted by atomic mass is 10.0. The van der Waals surface area contributed by atoms with Gasteiger partial charge < -0.3 is 14.2 Å². The summed E-state index contributed by atoms with van der Waals surface area (Å²) in [6.45, 7) is 11.7. The molecule has 4 heteroatoms. The van der Waals surface area contributed by atoms with E-state index in [1.807, 2.05) is 18.2 Å². The lowest BCUT2D eigenvalue weighted by Gasteiger charge is -2.17. The molecule has 0 heterocycles. The smallest absolute Gasteiger partial charge is 0.185 e. The Bertz CT molecular complexity index is 836. The molecule has 0 bridgehead atoms. The second kappa shape index (κ2) is 13.3. The molecule has 0 radical (unpaired) electrons. The molecule has 0 unspecified atom stereocenters. The van der Waals surface area contributed by atoms with Gasteiger partial charge in [0.2, 0.25) is 0 Å². The summed E-state index contributed by atoms with van der Waals surface area (Å²) < 4.78 is 17.5. The summed E-state index contributed by atoms with van der Waals surface area (Å²) in [4.78, 5) is 12.6. The van der Waals surface area contributed by atoms with Gasteiger partial charge in [-0.15, -0.1) is 0 Å².